The van der Waals surface area contributed by atoms with Gasteiger partial charge in [0.2, 0.25) is 0 Å². The van der Waals surface area contributed by atoms with Crippen molar-refractivity contribution in [1.82, 2.24) is 0 Å². The molecule has 1 aromatic carbocycles. The molecule has 5 N–H and O–H groups in total. The Morgan fingerprint density at radius 2 is 1.83 bits per heavy atom. The second kappa shape index (κ2) is 4.09. The van der Waals surface area contributed by atoms with Crippen molar-refractivity contribution in [2.75, 3.05) is 6.54 Å². The van der Waals surface area contributed by atoms with E-state index in [4.69, 9.17) is 16.6 Å². The molecule has 0 aliphatic carbocycles. The van der Waals surface area contributed by atoms with Crippen molar-refractivity contribution in [3.05, 3.63) is 29.8 Å². The van der Waals surface area contributed by atoms with Gasteiger partial charge in [-0.15, -0.1) is 0 Å². The molecular weight excluding hydrogens is 152 g/mol. The van der Waals surface area contributed by atoms with Gasteiger partial charge in [-0.3, -0.25) is 0 Å². The van der Waals surface area contributed by atoms with Crippen LogP contribution in [0.5, 0.6) is 5.75 Å². The van der Waals surface area contributed by atoms with Crippen LogP contribution in [0.15, 0.2) is 24.3 Å². The highest BCUT2D eigenvalue weighted by Crippen LogP contribution is 2.10. The average molecular weight is 166 g/mol. The van der Waals surface area contributed by atoms with Crippen LogP contribution in [0.3, 0.4) is 0 Å². The minimum Gasteiger partial charge on any atom is -0.508 e. The van der Waals surface area contributed by atoms with E-state index >= 15 is 0 Å². The van der Waals surface area contributed by atoms with Gasteiger partial charge < -0.3 is 16.6 Å². The zero-order chi connectivity index (χ0) is 8.97. The van der Waals surface area contributed by atoms with Gasteiger partial charge in [0, 0.05) is 12.6 Å². The zero-order valence-corrected chi connectivity index (χ0v) is 6.90. The van der Waals surface area contributed by atoms with Gasteiger partial charge >= 0.3 is 0 Å². The van der Waals surface area contributed by atoms with Gasteiger partial charge in [-0.25, -0.2) is 0 Å². The lowest BCUT2D eigenvalue weighted by atomic mass is 10.1. The molecule has 66 valence electrons. The SMILES string of the molecule is NCC(N)Cc1ccc(O)cc1. The quantitative estimate of drug-likeness (QED) is 0.601. The van der Waals surface area contributed by atoms with Crippen LogP contribution in [0.4, 0.5) is 0 Å². The lowest BCUT2D eigenvalue weighted by molar-refractivity contribution is 0.475. The highest BCUT2D eigenvalue weighted by molar-refractivity contribution is 5.26. The van der Waals surface area contributed by atoms with Crippen LogP contribution >= 0.6 is 0 Å². The van der Waals surface area contributed by atoms with Crippen molar-refractivity contribution < 1.29 is 5.11 Å². The molecule has 1 atom stereocenters. The number of benzene rings is 1. The molecule has 0 bridgehead atoms. The fraction of sp³-hybridized carbons (Fsp3) is 0.333. The molecule has 0 amide bonds. The maximum atomic E-state index is 8.99. The first-order chi connectivity index (χ1) is 5.72. The monoisotopic (exact) mass is 166 g/mol. The van der Waals surface area contributed by atoms with Crippen LogP contribution in [-0.2, 0) is 6.42 Å². The number of hydrogen-bond acceptors (Lipinski definition) is 3. The highest BCUT2D eigenvalue weighted by Gasteiger charge is 2.00. The number of phenols is 1. The Bertz CT molecular complexity index is 233. The van der Waals surface area contributed by atoms with Crippen LogP contribution in [0, 0.1) is 0 Å². The Labute approximate surface area is 72.0 Å². The summed E-state index contributed by atoms with van der Waals surface area (Å²) in [7, 11) is 0. The van der Waals surface area contributed by atoms with Crippen LogP contribution in [0.1, 0.15) is 5.56 Å². The van der Waals surface area contributed by atoms with Gasteiger partial charge in [0.1, 0.15) is 5.75 Å². The summed E-state index contributed by atoms with van der Waals surface area (Å²) in [6.45, 7) is 0.487. The molecule has 0 aliphatic heterocycles. The van der Waals surface area contributed by atoms with Gasteiger partial charge in [0.05, 0.1) is 0 Å². The molecule has 1 aromatic rings. The van der Waals surface area contributed by atoms with Gasteiger partial charge in [-0.2, -0.15) is 0 Å². The summed E-state index contributed by atoms with van der Waals surface area (Å²) in [6, 6.07) is 7.02. The number of hydrogen-bond donors (Lipinski definition) is 3. The summed E-state index contributed by atoms with van der Waals surface area (Å²) in [5, 5.41) is 8.99. The molecule has 12 heavy (non-hydrogen) atoms. The van der Waals surface area contributed by atoms with Gasteiger partial charge in [0.25, 0.3) is 0 Å². The number of phenolic OH excluding ortho intramolecular Hbond substituents is 1. The third kappa shape index (κ3) is 2.53. The molecule has 0 saturated carbocycles. The summed E-state index contributed by atoms with van der Waals surface area (Å²) in [5.41, 5.74) is 12.1. The fourth-order valence-electron chi connectivity index (χ4n) is 1.02. The normalized spacial score (nSPS) is 12.8. The summed E-state index contributed by atoms with van der Waals surface area (Å²) >= 11 is 0. The standard InChI is InChI=1S/C9H14N2O/c10-6-8(11)5-7-1-3-9(12)4-2-7/h1-4,8,12H,5-6,10-11H2. The summed E-state index contributed by atoms with van der Waals surface area (Å²) in [6.07, 6.45) is 0.761. The van der Waals surface area contributed by atoms with Crippen LogP contribution in [-0.4, -0.2) is 17.7 Å². The van der Waals surface area contributed by atoms with Gasteiger partial charge in [0.15, 0.2) is 0 Å². The van der Waals surface area contributed by atoms with E-state index in [1.807, 2.05) is 12.1 Å². The molecule has 1 unspecified atom stereocenters. The van der Waals surface area contributed by atoms with Crippen LogP contribution in [0.25, 0.3) is 0 Å². The Morgan fingerprint density at radius 3 is 2.33 bits per heavy atom. The van der Waals surface area contributed by atoms with Crippen LogP contribution < -0.4 is 11.5 Å². The number of nitrogens with two attached hydrogens (primary N) is 2. The molecule has 0 radical (unpaired) electrons. The predicted molar refractivity (Wildman–Crippen MR) is 48.8 cm³/mol. The molecule has 0 aliphatic rings. The van der Waals surface area contributed by atoms with E-state index in [2.05, 4.69) is 0 Å². The maximum absolute atomic E-state index is 8.99. The zero-order valence-electron chi connectivity index (χ0n) is 6.90. The molecule has 0 saturated heterocycles. The second-order valence-corrected chi connectivity index (χ2v) is 2.87. The molecule has 1 rings (SSSR count). The lowest BCUT2D eigenvalue weighted by Gasteiger charge is -2.07. The highest BCUT2D eigenvalue weighted by atomic mass is 16.3. The maximum Gasteiger partial charge on any atom is 0.115 e. The Kier molecular flexibility index (Phi) is 3.08. The molecule has 0 aromatic heterocycles. The third-order valence-corrected chi connectivity index (χ3v) is 1.74. The minimum atomic E-state index is 0.00884. The van der Waals surface area contributed by atoms with E-state index in [1.165, 1.54) is 0 Å². The summed E-state index contributed by atoms with van der Waals surface area (Å²) < 4.78 is 0. The first kappa shape index (κ1) is 9.03. The first-order valence-corrected chi connectivity index (χ1v) is 3.96. The van der Waals surface area contributed by atoms with Crippen LogP contribution in [0.2, 0.25) is 0 Å². The van der Waals surface area contributed by atoms with Crippen molar-refractivity contribution in [3.63, 3.8) is 0 Å². The molecule has 3 heteroatoms. The average Bonchev–Trinajstić information content (AvgIpc) is 2.09. The van der Waals surface area contributed by atoms with E-state index in [9.17, 15) is 0 Å². The Hall–Kier alpha value is -1.06. The van der Waals surface area contributed by atoms with E-state index in [1.54, 1.807) is 12.1 Å². The number of aromatic hydroxyl groups is 1. The van der Waals surface area contributed by atoms with E-state index < -0.39 is 0 Å². The second-order valence-electron chi connectivity index (χ2n) is 2.87. The van der Waals surface area contributed by atoms with Crippen molar-refractivity contribution in [2.45, 2.75) is 12.5 Å². The van der Waals surface area contributed by atoms with Crippen molar-refractivity contribution in [1.29, 1.82) is 0 Å². The van der Waals surface area contributed by atoms with Crippen molar-refractivity contribution >= 4 is 0 Å². The predicted octanol–water partition coefficient (Wildman–Crippen LogP) is 0.221. The van der Waals surface area contributed by atoms with Crippen molar-refractivity contribution in [2.24, 2.45) is 11.5 Å². The lowest BCUT2D eigenvalue weighted by Crippen LogP contribution is -2.31. The van der Waals surface area contributed by atoms with Gasteiger partial charge in [-0.1, -0.05) is 12.1 Å². The topological polar surface area (TPSA) is 72.3 Å². The van der Waals surface area contributed by atoms with E-state index in [0.29, 0.717) is 6.54 Å². The molecule has 3 nitrogen and oxygen atoms in total. The van der Waals surface area contributed by atoms with Gasteiger partial charge in [-0.05, 0) is 24.1 Å². The molecule has 0 spiro atoms. The fourth-order valence-corrected chi connectivity index (χ4v) is 1.02. The molecule has 0 fully saturated rings. The Morgan fingerprint density at radius 1 is 1.25 bits per heavy atom. The summed E-state index contributed by atoms with van der Waals surface area (Å²) in [5.74, 6) is 0.278. The smallest absolute Gasteiger partial charge is 0.115 e. The molecular formula is C9H14N2O. The minimum absolute atomic E-state index is 0.00884. The summed E-state index contributed by atoms with van der Waals surface area (Å²) in [4.78, 5) is 0. The van der Waals surface area contributed by atoms with E-state index in [-0.39, 0.29) is 11.8 Å². The first-order valence-electron chi connectivity index (χ1n) is 3.96. The number of rotatable bonds is 3. The Balaban J connectivity index is 2.58. The van der Waals surface area contributed by atoms with E-state index in [0.717, 1.165) is 12.0 Å². The third-order valence-electron chi connectivity index (χ3n) is 1.74. The largest absolute Gasteiger partial charge is 0.508 e. The molecule has 0 heterocycles. The van der Waals surface area contributed by atoms with Crippen molar-refractivity contribution in [3.8, 4) is 5.75 Å².